The lowest BCUT2D eigenvalue weighted by Crippen LogP contribution is -2.22. The van der Waals surface area contributed by atoms with Crippen molar-refractivity contribution in [1.29, 1.82) is 0 Å². The highest BCUT2D eigenvalue weighted by molar-refractivity contribution is 7.99. The number of benzene rings is 1. The van der Waals surface area contributed by atoms with Crippen LogP contribution in [0.2, 0.25) is 0 Å². The van der Waals surface area contributed by atoms with E-state index in [1.165, 1.54) is 12.1 Å². The van der Waals surface area contributed by atoms with Gasteiger partial charge in [0.2, 0.25) is 5.91 Å². The van der Waals surface area contributed by atoms with Crippen LogP contribution in [0.1, 0.15) is 0 Å². The highest BCUT2D eigenvalue weighted by Crippen LogP contribution is 2.31. The summed E-state index contributed by atoms with van der Waals surface area (Å²) >= 11 is 0.626. The van der Waals surface area contributed by atoms with Gasteiger partial charge in [0, 0.05) is 4.90 Å². The number of nitrogens with one attached hydrogen (secondary N) is 1. The van der Waals surface area contributed by atoms with Crippen molar-refractivity contribution in [3.63, 3.8) is 0 Å². The Morgan fingerprint density at radius 2 is 2.00 bits per heavy atom. The third-order valence-corrected chi connectivity index (χ3v) is 2.88. The number of carbonyl (C=O) groups excluding carboxylic acids is 1. The molecule has 1 aromatic rings. The third-order valence-electron chi connectivity index (χ3n) is 1.74. The first-order chi connectivity index (χ1) is 7.92. The van der Waals surface area contributed by atoms with Gasteiger partial charge in [-0.25, -0.2) is 0 Å². The largest absolute Gasteiger partial charge is 0.398 e. The van der Waals surface area contributed by atoms with Crippen molar-refractivity contribution in [3.05, 3.63) is 24.3 Å². The normalized spacial score (nSPS) is 11.3. The summed E-state index contributed by atoms with van der Waals surface area (Å²) in [6.45, 7) is -0.210. The van der Waals surface area contributed by atoms with E-state index in [9.17, 15) is 18.0 Å². The summed E-state index contributed by atoms with van der Waals surface area (Å²) in [6.07, 6.45) is -4.24. The fourth-order valence-corrected chi connectivity index (χ4v) is 1.83. The Balaban J connectivity index is 2.74. The molecule has 3 N–H and O–H groups in total. The van der Waals surface area contributed by atoms with E-state index in [0.29, 0.717) is 22.3 Å². The van der Waals surface area contributed by atoms with Crippen molar-refractivity contribution >= 4 is 23.4 Å². The van der Waals surface area contributed by atoms with Crippen LogP contribution in [0.4, 0.5) is 18.9 Å². The monoisotopic (exact) mass is 264 g/mol. The van der Waals surface area contributed by atoms with Crippen molar-refractivity contribution in [2.45, 2.75) is 11.1 Å². The first-order valence-electron chi connectivity index (χ1n) is 4.71. The number of rotatable bonds is 4. The Bertz CT molecular complexity index is 395. The molecule has 94 valence electrons. The molecule has 0 atom stereocenters. The lowest BCUT2D eigenvalue weighted by molar-refractivity contribution is -0.115. The molecule has 3 nitrogen and oxygen atoms in total. The average molecular weight is 264 g/mol. The minimum Gasteiger partial charge on any atom is -0.324 e. The number of halogens is 3. The number of amides is 1. The minimum absolute atomic E-state index is 0.210. The van der Waals surface area contributed by atoms with Gasteiger partial charge in [0.15, 0.2) is 0 Å². The number of nitrogens with two attached hydrogens (primary N) is 1. The Labute approximate surface area is 101 Å². The summed E-state index contributed by atoms with van der Waals surface area (Å²) in [5.74, 6) is -1.44. The molecule has 0 bridgehead atoms. The number of carbonyl (C=O) groups is 1. The predicted octanol–water partition coefficient (Wildman–Crippen LogP) is 2.24. The van der Waals surface area contributed by atoms with Crippen LogP contribution in [0.3, 0.4) is 0 Å². The first-order valence-corrected chi connectivity index (χ1v) is 5.69. The quantitative estimate of drug-likeness (QED) is 0.820. The number of alkyl halides is 3. The van der Waals surface area contributed by atoms with Crippen LogP contribution in [-0.2, 0) is 4.79 Å². The van der Waals surface area contributed by atoms with Gasteiger partial charge < -0.3 is 11.1 Å². The van der Waals surface area contributed by atoms with Crippen molar-refractivity contribution in [2.75, 3.05) is 17.6 Å². The summed E-state index contributed by atoms with van der Waals surface area (Å²) in [4.78, 5) is 11.4. The topological polar surface area (TPSA) is 55.1 Å². The minimum atomic E-state index is -4.24. The molecule has 1 amide bonds. The number of thioether (sulfide) groups is 1. The Morgan fingerprint density at radius 1 is 1.35 bits per heavy atom. The van der Waals surface area contributed by atoms with Crippen molar-refractivity contribution in [3.8, 4) is 0 Å². The van der Waals surface area contributed by atoms with E-state index in [2.05, 4.69) is 5.32 Å². The highest BCUT2D eigenvalue weighted by Gasteiger charge is 2.27. The number of hydrogen-bond donors (Lipinski definition) is 2. The van der Waals surface area contributed by atoms with Crippen molar-refractivity contribution in [1.82, 2.24) is 0 Å². The van der Waals surface area contributed by atoms with Crippen LogP contribution in [-0.4, -0.2) is 24.4 Å². The fourth-order valence-electron chi connectivity index (χ4n) is 1.06. The Hall–Kier alpha value is -1.21. The molecule has 0 aliphatic carbocycles. The molecular formula is C10H11F3N2OS. The summed E-state index contributed by atoms with van der Waals surface area (Å²) in [7, 11) is 0. The maximum absolute atomic E-state index is 12.1. The molecule has 0 saturated carbocycles. The van der Waals surface area contributed by atoms with Gasteiger partial charge in [0.05, 0.1) is 18.0 Å². The smallest absolute Gasteiger partial charge is 0.324 e. The molecule has 0 spiro atoms. The highest BCUT2D eigenvalue weighted by atomic mass is 32.2. The van der Waals surface area contributed by atoms with E-state index in [0.717, 1.165) is 0 Å². The van der Waals surface area contributed by atoms with Crippen LogP contribution < -0.4 is 11.1 Å². The van der Waals surface area contributed by atoms with Gasteiger partial charge in [0.25, 0.3) is 0 Å². The Kier molecular flexibility index (Phi) is 4.83. The molecule has 1 rings (SSSR count). The van der Waals surface area contributed by atoms with Gasteiger partial charge in [-0.05, 0) is 12.1 Å². The molecule has 0 aliphatic rings. The van der Waals surface area contributed by atoms with E-state index < -0.39 is 17.8 Å². The third kappa shape index (κ3) is 5.10. The van der Waals surface area contributed by atoms with Gasteiger partial charge in [0.1, 0.15) is 0 Å². The molecule has 1 aromatic carbocycles. The zero-order valence-corrected chi connectivity index (χ0v) is 9.57. The second-order valence-corrected chi connectivity index (χ2v) is 4.17. The number of hydrogen-bond acceptors (Lipinski definition) is 3. The lowest BCUT2D eigenvalue weighted by Gasteiger charge is -2.11. The van der Waals surface area contributed by atoms with Gasteiger partial charge in [-0.1, -0.05) is 12.1 Å². The number of anilines is 1. The van der Waals surface area contributed by atoms with E-state index in [1.807, 2.05) is 0 Å². The molecule has 0 radical (unpaired) electrons. The summed E-state index contributed by atoms with van der Waals surface area (Å²) in [5, 5.41) is 2.44. The van der Waals surface area contributed by atoms with Crippen LogP contribution in [0.25, 0.3) is 0 Å². The van der Waals surface area contributed by atoms with E-state index in [4.69, 9.17) is 5.73 Å². The Morgan fingerprint density at radius 3 is 2.59 bits per heavy atom. The first kappa shape index (κ1) is 13.9. The average Bonchev–Trinajstić information content (AvgIpc) is 2.26. The van der Waals surface area contributed by atoms with E-state index >= 15 is 0 Å². The zero-order chi connectivity index (χ0) is 12.9. The molecule has 0 unspecified atom stereocenters. The summed E-state index contributed by atoms with van der Waals surface area (Å²) in [6, 6.07) is 6.29. The molecule has 0 heterocycles. The van der Waals surface area contributed by atoms with Crippen molar-refractivity contribution < 1.29 is 18.0 Å². The lowest BCUT2D eigenvalue weighted by atomic mass is 10.3. The second-order valence-electron chi connectivity index (χ2n) is 3.15. The van der Waals surface area contributed by atoms with Crippen LogP contribution in [0.5, 0.6) is 0 Å². The molecular weight excluding hydrogens is 253 g/mol. The number of para-hydroxylation sites is 1. The molecule has 7 heteroatoms. The second kappa shape index (κ2) is 5.92. The molecule has 0 aliphatic heterocycles. The van der Waals surface area contributed by atoms with Crippen molar-refractivity contribution in [2.24, 2.45) is 5.73 Å². The fraction of sp³-hybridized carbons (Fsp3) is 0.300. The van der Waals surface area contributed by atoms with Crippen LogP contribution in [0, 0.1) is 0 Å². The molecule has 17 heavy (non-hydrogen) atoms. The predicted molar refractivity (Wildman–Crippen MR) is 60.9 cm³/mol. The SMILES string of the molecule is NCC(=O)Nc1ccccc1SCC(F)(F)F. The summed E-state index contributed by atoms with van der Waals surface area (Å²) in [5.41, 5.74) is 5.46. The van der Waals surface area contributed by atoms with Gasteiger partial charge >= 0.3 is 6.18 Å². The maximum atomic E-state index is 12.1. The standard InChI is InChI=1S/C10H11F3N2OS/c11-10(12,13)6-17-8-4-2-1-3-7(8)15-9(16)5-14/h1-4H,5-6,14H2,(H,15,16). The van der Waals surface area contributed by atoms with Gasteiger partial charge in [-0.3, -0.25) is 4.79 Å². The van der Waals surface area contributed by atoms with Crippen LogP contribution >= 0.6 is 11.8 Å². The molecule has 0 fully saturated rings. The molecule has 0 aromatic heterocycles. The van der Waals surface area contributed by atoms with E-state index in [1.54, 1.807) is 12.1 Å². The van der Waals surface area contributed by atoms with Crippen LogP contribution in [0.15, 0.2) is 29.2 Å². The van der Waals surface area contributed by atoms with E-state index in [-0.39, 0.29) is 6.54 Å². The molecule has 0 saturated heterocycles. The zero-order valence-electron chi connectivity index (χ0n) is 8.75. The maximum Gasteiger partial charge on any atom is 0.398 e. The van der Waals surface area contributed by atoms with Gasteiger partial charge in [-0.2, -0.15) is 13.2 Å². The summed E-state index contributed by atoms with van der Waals surface area (Å²) < 4.78 is 36.2. The van der Waals surface area contributed by atoms with Gasteiger partial charge in [-0.15, -0.1) is 11.8 Å².